The van der Waals surface area contributed by atoms with Crippen molar-refractivity contribution in [2.45, 2.75) is 45.8 Å². The fraction of sp³-hybridized carbons (Fsp3) is 0.833. The molecule has 2 rings (SSSR count). The number of aryl methyl sites for hydroxylation is 1. The molecule has 0 spiro atoms. The van der Waals surface area contributed by atoms with Gasteiger partial charge in [-0.15, -0.1) is 0 Å². The molecular weight excluding hydrogens is 214 g/mol. The minimum atomic E-state index is 0.625. The SMILES string of the molecule is CCn1ncnc1CN1CC(CN)CCC1C. The van der Waals surface area contributed by atoms with E-state index in [2.05, 4.69) is 28.8 Å². The summed E-state index contributed by atoms with van der Waals surface area (Å²) in [6.45, 7) is 8.06. The van der Waals surface area contributed by atoms with Gasteiger partial charge in [0.2, 0.25) is 0 Å². The van der Waals surface area contributed by atoms with Crippen molar-refractivity contribution < 1.29 is 0 Å². The Balaban J connectivity index is 2.01. The molecule has 1 aromatic rings. The van der Waals surface area contributed by atoms with Crippen molar-refractivity contribution in [1.82, 2.24) is 19.7 Å². The second-order valence-corrected chi connectivity index (χ2v) is 4.95. The molecule has 1 aliphatic rings. The first kappa shape index (κ1) is 12.5. The van der Waals surface area contributed by atoms with Crippen molar-refractivity contribution >= 4 is 0 Å². The number of aromatic nitrogens is 3. The van der Waals surface area contributed by atoms with Gasteiger partial charge in [0.05, 0.1) is 6.54 Å². The van der Waals surface area contributed by atoms with Crippen LogP contribution in [0, 0.1) is 5.92 Å². The van der Waals surface area contributed by atoms with E-state index in [1.54, 1.807) is 6.33 Å². The van der Waals surface area contributed by atoms with Crippen LogP contribution in [0.5, 0.6) is 0 Å². The summed E-state index contributed by atoms with van der Waals surface area (Å²) in [5, 5.41) is 4.22. The Hall–Kier alpha value is -0.940. The Morgan fingerprint density at radius 1 is 1.47 bits per heavy atom. The highest BCUT2D eigenvalue weighted by molar-refractivity contribution is 4.88. The highest BCUT2D eigenvalue weighted by atomic mass is 15.3. The summed E-state index contributed by atoms with van der Waals surface area (Å²) in [7, 11) is 0. The molecule has 1 aliphatic heterocycles. The van der Waals surface area contributed by atoms with Crippen LogP contribution in [0.1, 0.15) is 32.5 Å². The van der Waals surface area contributed by atoms with Crippen molar-refractivity contribution in [1.29, 1.82) is 0 Å². The lowest BCUT2D eigenvalue weighted by Gasteiger charge is -2.37. The van der Waals surface area contributed by atoms with Crippen LogP contribution in [-0.4, -0.2) is 38.8 Å². The summed E-state index contributed by atoms with van der Waals surface area (Å²) in [6, 6.07) is 0.625. The average Bonchev–Trinajstić information content (AvgIpc) is 2.79. The molecule has 2 heterocycles. The molecule has 0 amide bonds. The summed E-state index contributed by atoms with van der Waals surface area (Å²) in [5.74, 6) is 1.71. The first-order valence-corrected chi connectivity index (χ1v) is 6.55. The molecule has 17 heavy (non-hydrogen) atoms. The monoisotopic (exact) mass is 237 g/mol. The van der Waals surface area contributed by atoms with Gasteiger partial charge in [0.1, 0.15) is 12.2 Å². The molecule has 1 saturated heterocycles. The van der Waals surface area contributed by atoms with Gasteiger partial charge < -0.3 is 5.73 Å². The fourth-order valence-electron chi connectivity index (χ4n) is 2.53. The zero-order valence-corrected chi connectivity index (χ0v) is 10.8. The maximum atomic E-state index is 5.78. The zero-order chi connectivity index (χ0) is 12.3. The molecule has 5 nitrogen and oxygen atoms in total. The maximum absolute atomic E-state index is 5.78. The van der Waals surface area contributed by atoms with Crippen molar-refractivity contribution in [2.24, 2.45) is 11.7 Å². The van der Waals surface area contributed by atoms with Crippen molar-refractivity contribution in [3.63, 3.8) is 0 Å². The van der Waals surface area contributed by atoms with Gasteiger partial charge >= 0.3 is 0 Å². The molecule has 1 fully saturated rings. The molecule has 1 aromatic heterocycles. The lowest BCUT2D eigenvalue weighted by Crippen LogP contribution is -2.43. The Kier molecular flexibility index (Phi) is 4.12. The smallest absolute Gasteiger partial charge is 0.141 e. The second kappa shape index (κ2) is 5.60. The number of nitrogens with two attached hydrogens (primary N) is 1. The van der Waals surface area contributed by atoms with Gasteiger partial charge in [-0.2, -0.15) is 5.10 Å². The summed E-state index contributed by atoms with van der Waals surface area (Å²) < 4.78 is 1.97. The lowest BCUT2D eigenvalue weighted by molar-refractivity contribution is 0.108. The Morgan fingerprint density at radius 2 is 2.29 bits per heavy atom. The van der Waals surface area contributed by atoms with Crippen LogP contribution in [0.4, 0.5) is 0 Å². The van der Waals surface area contributed by atoms with Gasteiger partial charge in [-0.05, 0) is 39.2 Å². The van der Waals surface area contributed by atoms with Gasteiger partial charge in [-0.1, -0.05) is 0 Å². The van der Waals surface area contributed by atoms with Gasteiger partial charge in [-0.25, -0.2) is 9.67 Å². The summed E-state index contributed by atoms with van der Waals surface area (Å²) in [5.41, 5.74) is 5.78. The highest BCUT2D eigenvalue weighted by Gasteiger charge is 2.25. The number of hydrogen-bond donors (Lipinski definition) is 1. The van der Waals surface area contributed by atoms with E-state index in [1.165, 1.54) is 12.8 Å². The molecule has 5 heteroatoms. The van der Waals surface area contributed by atoms with Crippen LogP contribution >= 0.6 is 0 Å². The normalized spacial score (nSPS) is 26.3. The number of likely N-dealkylation sites (tertiary alicyclic amines) is 1. The van der Waals surface area contributed by atoms with Crippen LogP contribution in [0.3, 0.4) is 0 Å². The van der Waals surface area contributed by atoms with Gasteiger partial charge in [-0.3, -0.25) is 4.90 Å². The summed E-state index contributed by atoms with van der Waals surface area (Å²) in [6.07, 6.45) is 4.14. The lowest BCUT2D eigenvalue weighted by atomic mass is 9.93. The minimum Gasteiger partial charge on any atom is -0.330 e. The Bertz CT molecular complexity index is 348. The molecule has 0 aromatic carbocycles. The molecule has 0 aliphatic carbocycles. The first-order chi connectivity index (χ1) is 8.24. The van der Waals surface area contributed by atoms with Crippen LogP contribution in [0.15, 0.2) is 6.33 Å². The highest BCUT2D eigenvalue weighted by Crippen LogP contribution is 2.22. The van der Waals surface area contributed by atoms with Crippen LogP contribution in [0.2, 0.25) is 0 Å². The van der Waals surface area contributed by atoms with E-state index in [1.807, 2.05) is 4.68 Å². The first-order valence-electron chi connectivity index (χ1n) is 6.55. The van der Waals surface area contributed by atoms with Crippen molar-refractivity contribution in [3.05, 3.63) is 12.2 Å². The topological polar surface area (TPSA) is 60.0 Å². The summed E-state index contributed by atoms with van der Waals surface area (Å²) in [4.78, 5) is 6.83. The Labute approximate surface area is 103 Å². The van der Waals surface area contributed by atoms with E-state index >= 15 is 0 Å². The number of hydrogen-bond acceptors (Lipinski definition) is 4. The van der Waals surface area contributed by atoms with E-state index < -0.39 is 0 Å². The van der Waals surface area contributed by atoms with E-state index in [0.29, 0.717) is 12.0 Å². The number of piperidine rings is 1. The molecule has 2 N–H and O–H groups in total. The molecule has 0 radical (unpaired) electrons. The van der Waals surface area contributed by atoms with E-state index in [4.69, 9.17) is 5.73 Å². The predicted octanol–water partition coefficient (Wildman–Crippen LogP) is 0.857. The molecule has 0 saturated carbocycles. The van der Waals surface area contributed by atoms with E-state index in [0.717, 1.165) is 32.0 Å². The van der Waals surface area contributed by atoms with Crippen LogP contribution in [-0.2, 0) is 13.1 Å². The minimum absolute atomic E-state index is 0.625. The average molecular weight is 237 g/mol. The van der Waals surface area contributed by atoms with Crippen molar-refractivity contribution in [3.8, 4) is 0 Å². The third-order valence-corrected chi connectivity index (χ3v) is 3.78. The molecule has 2 atom stereocenters. The Morgan fingerprint density at radius 3 is 3.00 bits per heavy atom. The molecule has 2 unspecified atom stereocenters. The molecule has 0 bridgehead atoms. The van der Waals surface area contributed by atoms with Crippen LogP contribution < -0.4 is 5.73 Å². The fourth-order valence-corrected chi connectivity index (χ4v) is 2.53. The third-order valence-electron chi connectivity index (χ3n) is 3.78. The zero-order valence-electron chi connectivity index (χ0n) is 10.8. The predicted molar refractivity (Wildman–Crippen MR) is 67.3 cm³/mol. The standard InChI is InChI=1S/C12H23N5/c1-3-17-12(14-9-15-17)8-16-7-11(6-13)5-4-10(16)2/h9-11H,3-8,13H2,1-2H3. The van der Waals surface area contributed by atoms with Gasteiger partial charge in [0.25, 0.3) is 0 Å². The van der Waals surface area contributed by atoms with E-state index in [-0.39, 0.29) is 0 Å². The van der Waals surface area contributed by atoms with Crippen molar-refractivity contribution in [2.75, 3.05) is 13.1 Å². The number of nitrogens with zero attached hydrogens (tertiary/aromatic N) is 4. The third kappa shape index (κ3) is 2.84. The quantitative estimate of drug-likeness (QED) is 0.843. The van der Waals surface area contributed by atoms with E-state index in [9.17, 15) is 0 Å². The summed E-state index contributed by atoms with van der Waals surface area (Å²) >= 11 is 0. The van der Waals surface area contributed by atoms with Gasteiger partial charge in [0, 0.05) is 19.1 Å². The molecular formula is C12H23N5. The van der Waals surface area contributed by atoms with Crippen LogP contribution in [0.25, 0.3) is 0 Å². The van der Waals surface area contributed by atoms with Gasteiger partial charge in [0.15, 0.2) is 0 Å². The molecule has 96 valence electrons. The second-order valence-electron chi connectivity index (χ2n) is 4.95. The maximum Gasteiger partial charge on any atom is 0.141 e. The number of rotatable bonds is 4. The largest absolute Gasteiger partial charge is 0.330 e.